The van der Waals surface area contributed by atoms with Crippen LogP contribution in [0.4, 0.5) is 37.7 Å². The third kappa shape index (κ3) is 7.71. The second-order valence-electron chi connectivity index (χ2n) is 10.9. The molecule has 2 N–H and O–H groups in total. The predicted molar refractivity (Wildman–Crippen MR) is 166 cm³/mol. The molecule has 0 amide bonds. The largest absolute Gasteiger partial charge is 0.420 e. The minimum absolute atomic E-state index is 0.0198. The van der Waals surface area contributed by atoms with E-state index in [4.69, 9.17) is 0 Å². The quantitative estimate of drug-likeness (QED) is 0.0958. The molecule has 0 aliphatic carbocycles. The number of rotatable bonds is 8. The maximum Gasteiger partial charge on any atom is 0.420 e. The standard InChI is InChI=1S/2C16H12F3N3O3/c2*17-16(18,19)15(23)14-12-7-6-11(22(24)25)8-13(12)21(20-14)9-10-4-2-1-3-5-10/h2*1-8,15,23H,9H2. The van der Waals surface area contributed by atoms with Gasteiger partial charge in [-0.3, -0.25) is 29.6 Å². The molecule has 4 aromatic carbocycles. The van der Waals surface area contributed by atoms with Crippen LogP contribution in [0.1, 0.15) is 34.7 Å². The van der Waals surface area contributed by atoms with Crippen molar-refractivity contribution in [1.29, 1.82) is 0 Å². The fourth-order valence-electron chi connectivity index (χ4n) is 5.07. The van der Waals surface area contributed by atoms with Crippen molar-refractivity contribution in [3.63, 3.8) is 0 Å². The molecule has 2 aromatic heterocycles. The summed E-state index contributed by atoms with van der Waals surface area (Å²) in [5, 5.41) is 48.9. The minimum Gasteiger partial charge on any atom is -0.378 e. The number of nitro groups is 2. The van der Waals surface area contributed by atoms with Crippen LogP contribution in [0.15, 0.2) is 97.1 Å². The van der Waals surface area contributed by atoms with E-state index in [2.05, 4.69) is 10.2 Å². The van der Waals surface area contributed by atoms with Crippen LogP contribution in [-0.2, 0) is 13.1 Å². The number of halogens is 6. The smallest absolute Gasteiger partial charge is 0.378 e. The SMILES string of the molecule is O=[N+]([O-])c1ccc2c(C(O)C(F)(F)F)nn(Cc3ccccc3)c2c1.O=[N+]([O-])c1ccc2c(C(O)C(F)(F)F)nn(Cc3ccccc3)c2c1. The average molecular weight is 703 g/mol. The first kappa shape index (κ1) is 35.4. The number of hydrogen-bond acceptors (Lipinski definition) is 8. The molecular formula is C32H24F6N6O6. The zero-order valence-corrected chi connectivity index (χ0v) is 25.3. The molecule has 50 heavy (non-hydrogen) atoms. The molecule has 260 valence electrons. The van der Waals surface area contributed by atoms with Crippen LogP contribution >= 0.6 is 0 Å². The first-order chi connectivity index (χ1) is 23.5. The first-order valence-corrected chi connectivity index (χ1v) is 14.4. The second-order valence-corrected chi connectivity index (χ2v) is 10.9. The van der Waals surface area contributed by atoms with E-state index in [0.717, 1.165) is 35.4 Å². The molecule has 0 aliphatic heterocycles. The van der Waals surface area contributed by atoms with Gasteiger partial charge >= 0.3 is 12.4 Å². The van der Waals surface area contributed by atoms with Gasteiger partial charge in [-0.2, -0.15) is 36.5 Å². The Labute approximate surface area is 276 Å². The highest BCUT2D eigenvalue weighted by Gasteiger charge is 2.43. The summed E-state index contributed by atoms with van der Waals surface area (Å²) in [5.41, 5.74) is 0.122. The molecule has 0 spiro atoms. The lowest BCUT2D eigenvalue weighted by molar-refractivity contribution is -0.384. The van der Waals surface area contributed by atoms with Gasteiger partial charge in [0.05, 0.1) is 34.0 Å². The Hall–Kier alpha value is -5.88. The van der Waals surface area contributed by atoms with Crippen LogP contribution in [0.25, 0.3) is 21.8 Å². The number of aliphatic hydroxyl groups excluding tert-OH is 2. The monoisotopic (exact) mass is 702 g/mol. The summed E-state index contributed by atoms with van der Waals surface area (Å²) >= 11 is 0. The summed E-state index contributed by atoms with van der Waals surface area (Å²) in [6.07, 6.45) is -15.3. The molecular weight excluding hydrogens is 678 g/mol. The van der Waals surface area contributed by atoms with E-state index in [1.165, 1.54) is 21.5 Å². The topological polar surface area (TPSA) is 162 Å². The first-order valence-electron chi connectivity index (χ1n) is 14.4. The Morgan fingerprint density at radius 2 is 0.940 bits per heavy atom. The molecule has 0 saturated carbocycles. The second kappa shape index (κ2) is 13.9. The number of nitro benzene ring substituents is 2. The van der Waals surface area contributed by atoms with Gasteiger partial charge in [0, 0.05) is 35.0 Å². The highest BCUT2D eigenvalue weighted by atomic mass is 19.4. The van der Waals surface area contributed by atoms with Crippen molar-refractivity contribution >= 4 is 33.2 Å². The Morgan fingerprint density at radius 3 is 1.24 bits per heavy atom. The Balaban J connectivity index is 0.000000194. The summed E-state index contributed by atoms with van der Waals surface area (Å²) in [7, 11) is 0. The molecule has 0 saturated heterocycles. The molecule has 0 fully saturated rings. The van der Waals surface area contributed by atoms with E-state index in [1.807, 2.05) is 0 Å². The molecule has 0 aliphatic rings. The number of fused-ring (bicyclic) bond motifs is 2. The molecule has 2 heterocycles. The maximum absolute atomic E-state index is 12.9. The van der Waals surface area contributed by atoms with E-state index < -0.39 is 45.8 Å². The molecule has 2 atom stereocenters. The van der Waals surface area contributed by atoms with Crippen LogP contribution in [0.2, 0.25) is 0 Å². The summed E-state index contributed by atoms with van der Waals surface area (Å²) in [6, 6.07) is 24.4. The summed E-state index contributed by atoms with van der Waals surface area (Å²) in [6.45, 7) is 0.228. The van der Waals surface area contributed by atoms with Gasteiger partial charge in [0.2, 0.25) is 0 Å². The van der Waals surface area contributed by atoms with Crippen LogP contribution in [0.5, 0.6) is 0 Å². The number of benzene rings is 4. The molecule has 0 bridgehead atoms. The Bertz CT molecular complexity index is 2000. The Kier molecular flexibility index (Phi) is 9.87. The summed E-state index contributed by atoms with van der Waals surface area (Å²) in [5.74, 6) is 0. The molecule has 6 aromatic rings. The zero-order valence-electron chi connectivity index (χ0n) is 25.3. The van der Waals surface area contributed by atoms with Crippen molar-refractivity contribution in [3.8, 4) is 0 Å². The van der Waals surface area contributed by atoms with Crippen molar-refractivity contribution < 1.29 is 46.4 Å². The third-order valence-electron chi connectivity index (χ3n) is 7.44. The average Bonchev–Trinajstić information content (AvgIpc) is 3.61. The minimum atomic E-state index is -4.89. The lowest BCUT2D eigenvalue weighted by Gasteiger charge is -2.12. The van der Waals surface area contributed by atoms with Crippen molar-refractivity contribution in [2.24, 2.45) is 0 Å². The van der Waals surface area contributed by atoms with Crippen LogP contribution in [0.3, 0.4) is 0 Å². The van der Waals surface area contributed by atoms with Gasteiger partial charge < -0.3 is 10.2 Å². The zero-order chi connectivity index (χ0) is 36.4. The highest BCUT2D eigenvalue weighted by Crippen LogP contribution is 2.38. The number of aromatic nitrogens is 4. The van der Waals surface area contributed by atoms with Crippen LogP contribution < -0.4 is 0 Å². The van der Waals surface area contributed by atoms with Gasteiger partial charge in [0.25, 0.3) is 11.4 Å². The van der Waals surface area contributed by atoms with Crippen LogP contribution in [0, 0.1) is 20.2 Å². The van der Waals surface area contributed by atoms with Crippen LogP contribution in [-0.4, -0.2) is 52.0 Å². The van der Waals surface area contributed by atoms with Crippen molar-refractivity contribution in [1.82, 2.24) is 19.6 Å². The molecule has 2 unspecified atom stereocenters. The number of nitrogens with zero attached hydrogens (tertiary/aromatic N) is 6. The van der Waals surface area contributed by atoms with Gasteiger partial charge in [-0.25, -0.2) is 0 Å². The fraction of sp³-hybridized carbons (Fsp3) is 0.188. The molecule has 12 nitrogen and oxygen atoms in total. The third-order valence-corrected chi connectivity index (χ3v) is 7.44. The van der Waals surface area contributed by atoms with E-state index in [-0.39, 0.29) is 46.3 Å². The number of non-ortho nitro benzene ring substituents is 2. The van der Waals surface area contributed by atoms with Gasteiger partial charge in [-0.05, 0) is 23.3 Å². The lowest BCUT2D eigenvalue weighted by Crippen LogP contribution is -2.21. The van der Waals surface area contributed by atoms with E-state index >= 15 is 0 Å². The normalized spacial score (nSPS) is 13.1. The van der Waals surface area contributed by atoms with Gasteiger partial charge in [-0.1, -0.05) is 60.7 Å². The number of alkyl halides is 6. The lowest BCUT2D eigenvalue weighted by atomic mass is 10.1. The van der Waals surface area contributed by atoms with Crippen molar-refractivity contribution in [2.45, 2.75) is 37.7 Å². The molecule has 0 radical (unpaired) electrons. The number of hydrogen-bond donors (Lipinski definition) is 2. The predicted octanol–water partition coefficient (Wildman–Crippen LogP) is 7.18. The maximum atomic E-state index is 12.9. The van der Waals surface area contributed by atoms with E-state index in [9.17, 15) is 56.8 Å². The number of aliphatic hydroxyl groups is 2. The molecule has 18 heteroatoms. The van der Waals surface area contributed by atoms with E-state index in [0.29, 0.717) is 0 Å². The van der Waals surface area contributed by atoms with E-state index in [1.54, 1.807) is 60.7 Å². The fourth-order valence-corrected chi connectivity index (χ4v) is 5.07. The molecule has 6 rings (SSSR count). The summed E-state index contributed by atoms with van der Waals surface area (Å²) < 4.78 is 79.8. The Morgan fingerprint density at radius 1 is 0.600 bits per heavy atom. The van der Waals surface area contributed by atoms with Crippen molar-refractivity contribution in [3.05, 3.63) is 140 Å². The van der Waals surface area contributed by atoms with Gasteiger partial charge in [-0.15, -0.1) is 0 Å². The summed E-state index contributed by atoms with van der Waals surface area (Å²) in [4.78, 5) is 20.6. The highest BCUT2D eigenvalue weighted by molar-refractivity contribution is 5.85. The van der Waals surface area contributed by atoms with Gasteiger partial charge in [0.15, 0.2) is 12.2 Å². The van der Waals surface area contributed by atoms with Crippen molar-refractivity contribution in [2.75, 3.05) is 0 Å². The van der Waals surface area contributed by atoms with Gasteiger partial charge in [0.1, 0.15) is 11.4 Å².